The van der Waals surface area contributed by atoms with Crippen LogP contribution in [0.2, 0.25) is 0 Å². The van der Waals surface area contributed by atoms with Crippen LogP contribution in [0, 0.1) is 0 Å². The highest BCUT2D eigenvalue weighted by molar-refractivity contribution is 4.91. The number of rotatable bonds is 0. The third kappa shape index (κ3) is 1.52. The molecule has 6 N–H and O–H groups in total. The van der Waals surface area contributed by atoms with E-state index < -0.39 is 24.5 Å². The van der Waals surface area contributed by atoms with E-state index in [1.165, 1.54) is 0 Å². The molecule has 1 aliphatic rings. The number of aliphatic hydroxyl groups excluding tert-OH is 2. The second-order valence-electron chi connectivity index (χ2n) is 2.88. The molecule has 1 saturated heterocycles. The molecule has 5 heteroatoms. The summed E-state index contributed by atoms with van der Waals surface area (Å²) in [5.41, 5.74) is 10.9. The summed E-state index contributed by atoms with van der Waals surface area (Å²) in [6.45, 7) is 1.68. The molecule has 5 atom stereocenters. The first kappa shape index (κ1) is 8.89. The predicted octanol–water partition coefficient (Wildman–Crippen LogP) is -2.26. The summed E-state index contributed by atoms with van der Waals surface area (Å²) in [7, 11) is 0. The Morgan fingerprint density at radius 2 is 1.73 bits per heavy atom. The van der Waals surface area contributed by atoms with Gasteiger partial charge in [-0.3, -0.25) is 0 Å². The number of hydrogen-bond donors (Lipinski definition) is 4. The third-order valence-corrected chi connectivity index (χ3v) is 2.01. The Bertz CT molecular complexity index is 130. The van der Waals surface area contributed by atoms with Crippen LogP contribution in [0.25, 0.3) is 0 Å². The average Bonchev–Trinajstić information content (AvgIpc) is 1.97. The summed E-state index contributed by atoms with van der Waals surface area (Å²) < 4.78 is 4.93. The zero-order chi connectivity index (χ0) is 8.59. The molecule has 1 aliphatic heterocycles. The van der Waals surface area contributed by atoms with E-state index in [9.17, 15) is 5.11 Å². The third-order valence-electron chi connectivity index (χ3n) is 2.01. The smallest absolute Gasteiger partial charge is 0.172 e. The van der Waals surface area contributed by atoms with Gasteiger partial charge in [-0.2, -0.15) is 0 Å². The SMILES string of the molecule is C[C@H]1O[C@H](O)[C@H](N)[C@@H](O)[C@@H]1N. The fourth-order valence-corrected chi connectivity index (χ4v) is 1.10. The van der Waals surface area contributed by atoms with Crippen molar-refractivity contribution in [2.24, 2.45) is 11.5 Å². The van der Waals surface area contributed by atoms with Crippen LogP contribution in [0.15, 0.2) is 0 Å². The molecule has 1 rings (SSSR count). The maximum Gasteiger partial charge on any atom is 0.172 e. The van der Waals surface area contributed by atoms with Gasteiger partial charge in [0.1, 0.15) is 0 Å². The highest BCUT2D eigenvalue weighted by Crippen LogP contribution is 2.15. The molecule has 1 fully saturated rings. The lowest BCUT2D eigenvalue weighted by Crippen LogP contribution is -2.63. The lowest BCUT2D eigenvalue weighted by Gasteiger charge is -2.38. The van der Waals surface area contributed by atoms with Crippen LogP contribution < -0.4 is 11.5 Å². The number of nitrogens with two attached hydrogens (primary N) is 2. The second-order valence-corrected chi connectivity index (χ2v) is 2.88. The molecule has 11 heavy (non-hydrogen) atoms. The molecule has 0 amide bonds. The quantitative estimate of drug-likeness (QED) is 0.322. The molecular weight excluding hydrogens is 148 g/mol. The Morgan fingerprint density at radius 3 is 2.27 bits per heavy atom. The van der Waals surface area contributed by atoms with Crippen LogP contribution in [0.1, 0.15) is 6.92 Å². The molecule has 0 aromatic rings. The van der Waals surface area contributed by atoms with Crippen LogP contribution in [-0.4, -0.2) is 40.8 Å². The zero-order valence-corrected chi connectivity index (χ0v) is 6.34. The topological polar surface area (TPSA) is 102 Å². The van der Waals surface area contributed by atoms with Crippen molar-refractivity contribution < 1.29 is 14.9 Å². The van der Waals surface area contributed by atoms with Crippen LogP contribution in [-0.2, 0) is 4.74 Å². The van der Waals surface area contributed by atoms with Crippen molar-refractivity contribution in [3.63, 3.8) is 0 Å². The molecular formula is C6H14N2O3. The van der Waals surface area contributed by atoms with Gasteiger partial charge in [0.2, 0.25) is 0 Å². The fourth-order valence-electron chi connectivity index (χ4n) is 1.10. The molecule has 0 radical (unpaired) electrons. The van der Waals surface area contributed by atoms with Gasteiger partial charge < -0.3 is 26.4 Å². The van der Waals surface area contributed by atoms with Crippen molar-refractivity contribution in [2.75, 3.05) is 0 Å². The lowest BCUT2D eigenvalue weighted by atomic mass is 9.97. The molecule has 0 aliphatic carbocycles. The summed E-state index contributed by atoms with van der Waals surface area (Å²) in [5, 5.41) is 18.4. The van der Waals surface area contributed by atoms with Gasteiger partial charge in [0.05, 0.1) is 24.3 Å². The van der Waals surface area contributed by atoms with Crippen LogP contribution >= 0.6 is 0 Å². The Hall–Kier alpha value is -0.200. The minimum absolute atomic E-state index is 0.361. The Morgan fingerprint density at radius 1 is 1.18 bits per heavy atom. The first-order valence-electron chi connectivity index (χ1n) is 3.57. The molecule has 5 nitrogen and oxygen atoms in total. The Kier molecular flexibility index (Phi) is 2.46. The number of ether oxygens (including phenoxy) is 1. The molecule has 66 valence electrons. The Balaban J connectivity index is 2.63. The number of aliphatic hydroxyl groups is 2. The maximum absolute atomic E-state index is 9.30. The molecule has 1 heterocycles. The minimum Gasteiger partial charge on any atom is -0.390 e. The molecule has 0 unspecified atom stereocenters. The first-order valence-corrected chi connectivity index (χ1v) is 3.57. The first-order chi connectivity index (χ1) is 5.04. The molecule has 0 aromatic carbocycles. The van der Waals surface area contributed by atoms with Gasteiger partial charge in [-0.25, -0.2) is 0 Å². The zero-order valence-electron chi connectivity index (χ0n) is 6.34. The van der Waals surface area contributed by atoms with Gasteiger partial charge in [0, 0.05) is 0 Å². The van der Waals surface area contributed by atoms with E-state index >= 15 is 0 Å². The standard InChI is InChI=1S/C6H14N2O3/c1-2-3(7)5(9)4(8)6(10)11-2/h2-6,9-10H,7-8H2,1H3/t2-,3-,4-,5+,6+/m1/s1. The molecule has 0 spiro atoms. The van der Waals surface area contributed by atoms with Gasteiger partial charge in [-0.1, -0.05) is 0 Å². The molecule has 0 aromatic heterocycles. The van der Waals surface area contributed by atoms with E-state index in [1.54, 1.807) is 6.92 Å². The highest BCUT2D eigenvalue weighted by Gasteiger charge is 2.38. The van der Waals surface area contributed by atoms with Gasteiger partial charge in [0.25, 0.3) is 0 Å². The van der Waals surface area contributed by atoms with Gasteiger partial charge >= 0.3 is 0 Å². The molecule has 0 saturated carbocycles. The summed E-state index contributed by atoms with van der Waals surface area (Å²) >= 11 is 0. The minimum atomic E-state index is -1.11. The van der Waals surface area contributed by atoms with Gasteiger partial charge in [-0.05, 0) is 6.92 Å². The van der Waals surface area contributed by atoms with Crippen molar-refractivity contribution in [3.8, 4) is 0 Å². The normalized spacial score (nSPS) is 52.6. The summed E-state index contributed by atoms with van der Waals surface area (Å²) in [5.74, 6) is 0. The highest BCUT2D eigenvalue weighted by atomic mass is 16.6. The maximum atomic E-state index is 9.30. The van der Waals surface area contributed by atoms with E-state index in [1.807, 2.05) is 0 Å². The summed E-state index contributed by atoms with van der Waals surface area (Å²) in [6, 6.07) is -1.32. The van der Waals surface area contributed by atoms with Crippen LogP contribution in [0.3, 0.4) is 0 Å². The second kappa shape index (κ2) is 3.04. The van der Waals surface area contributed by atoms with Crippen molar-refractivity contribution in [1.29, 1.82) is 0 Å². The Labute approximate surface area is 64.9 Å². The van der Waals surface area contributed by atoms with Crippen LogP contribution in [0.5, 0.6) is 0 Å². The summed E-state index contributed by atoms with van der Waals surface area (Å²) in [4.78, 5) is 0. The summed E-state index contributed by atoms with van der Waals surface area (Å²) in [6.07, 6.45) is -2.37. The number of hydrogen-bond acceptors (Lipinski definition) is 5. The largest absolute Gasteiger partial charge is 0.390 e. The van der Waals surface area contributed by atoms with E-state index in [4.69, 9.17) is 21.3 Å². The van der Waals surface area contributed by atoms with Gasteiger partial charge in [0.15, 0.2) is 6.29 Å². The van der Waals surface area contributed by atoms with E-state index in [2.05, 4.69) is 0 Å². The van der Waals surface area contributed by atoms with Gasteiger partial charge in [-0.15, -0.1) is 0 Å². The van der Waals surface area contributed by atoms with E-state index in [0.29, 0.717) is 0 Å². The average molecular weight is 162 g/mol. The van der Waals surface area contributed by atoms with E-state index in [0.717, 1.165) is 0 Å². The van der Waals surface area contributed by atoms with Crippen molar-refractivity contribution >= 4 is 0 Å². The lowest BCUT2D eigenvalue weighted by molar-refractivity contribution is -0.202. The molecule has 0 bridgehead atoms. The van der Waals surface area contributed by atoms with E-state index in [-0.39, 0.29) is 6.10 Å². The fraction of sp³-hybridized carbons (Fsp3) is 1.00. The van der Waals surface area contributed by atoms with Crippen molar-refractivity contribution in [2.45, 2.75) is 37.5 Å². The monoisotopic (exact) mass is 162 g/mol. The van der Waals surface area contributed by atoms with Crippen molar-refractivity contribution in [3.05, 3.63) is 0 Å². The predicted molar refractivity (Wildman–Crippen MR) is 38.5 cm³/mol. The van der Waals surface area contributed by atoms with Crippen LogP contribution in [0.4, 0.5) is 0 Å². The van der Waals surface area contributed by atoms with Crippen molar-refractivity contribution in [1.82, 2.24) is 0 Å².